The highest BCUT2D eigenvalue weighted by Crippen LogP contribution is 2.33. The summed E-state index contributed by atoms with van der Waals surface area (Å²) in [6.07, 6.45) is 5.63. The third-order valence-electron chi connectivity index (χ3n) is 5.02. The number of rotatable bonds is 8. The first kappa shape index (κ1) is 20.5. The molecule has 0 bridgehead atoms. The first-order chi connectivity index (χ1) is 12.9. The van der Waals surface area contributed by atoms with Gasteiger partial charge < -0.3 is 5.32 Å². The molecule has 0 aliphatic carbocycles. The van der Waals surface area contributed by atoms with Crippen LogP contribution in [0.5, 0.6) is 0 Å². The molecule has 0 atom stereocenters. The average Bonchev–Trinajstić information content (AvgIpc) is 2.67. The van der Waals surface area contributed by atoms with Crippen molar-refractivity contribution in [1.29, 1.82) is 0 Å². The second-order valence-electron chi connectivity index (χ2n) is 6.94. The average molecular weight is 358 g/mol. The Morgan fingerprint density at radius 1 is 1.11 bits per heavy atom. The summed E-state index contributed by atoms with van der Waals surface area (Å²) in [5, 5.41) is 3.32. The maximum atomic E-state index is 4.41. The van der Waals surface area contributed by atoms with Crippen LogP contribution in [0.4, 0.5) is 5.69 Å². The molecule has 0 amide bonds. The molecule has 0 saturated carbocycles. The number of nitrogens with one attached hydrogen (secondary N) is 1. The SMILES string of the molecule is C=C/C=C(/C(=C)Cc1c(CC)cccc1NC)C(=C)c1cc(C)ccc1C. The van der Waals surface area contributed by atoms with Crippen molar-refractivity contribution in [2.45, 2.75) is 33.6 Å². The van der Waals surface area contributed by atoms with Crippen molar-refractivity contribution in [3.05, 3.63) is 107 Å². The largest absolute Gasteiger partial charge is 0.388 e. The Balaban J connectivity index is 2.43. The van der Waals surface area contributed by atoms with Crippen molar-refractivity contribution >= 4 is 11.3 Å². The van der Waals surface area contributed by atoms with Gasteiger partial charge in [-0.15, -0.1) is 0 Å². The Morgan fingerprint density at radius 3 is 2.48 bits per heavy atom. The standard InChI is InChI=1S/C26H31N/c1-8-11-23(21(6)24-16-18(3)14-15-19(24)4)20(5)17-25-22(9-2)12-10-13-26(25)27-7/h8,10-16,27H,1,5-6,9,17H2,2-4,7H3/b23-11-. The molecule has 0 heterocycles. The van der Waals surface area contributed by atoms with E-state index in [2.05, 4.69) is 82.2 Å². The van der Waals surface area contributed by atoms with E-state index in [0.717, 1.165) is 35.2 Å². The fraction of sp³-hybridized carbons (Fsp3) is 0.231. The second kappa shape index (κ2) is 9.23. The van der Waals surface area contributed by atoms with E-state index < -0.39 is 0 Å². The van der Waals surface area contributed by atoms with Crippen LogP contribution in [0.1, 0.15) is 34.7 Å². The van der Waals surface area contributed by atoms with Crippen LogP contribution >= 0.6 is 0 Å². The van der Waals surface area contributed by atoms with Gasteiger partial charge in [0, 0.05) is 12.7 Å². The maximum Gasteiger partial charge on any atom is 0.0376 e. The van der Waals surface area contributed by atoms with Crippen molar-refractivity contribution in [3.8, 4) is 0 Å². The van der Waals surface area contributed by atoms with Crippen molar-refractivity contribution in [2.75, 3.05) is 12.4 Å². The van der Waals surface area contributed by atoms with Gasteiger partial charge in [0.25, 0.3) is 0 Å². The van der Waals surface area contributed by atoms with E-state index in [0.29, 0.717) is 0 Å². The van der Waals surface area contributed by atoms with E-state index in [4.69, 9.17) is 0 Å². The van der Waals surface area contributed by atoms with Gasteiger partial charge in [-0.25, -0.2) is 0 Å². The van der Waals surface area contributed by atoms with Gasteiger partial charge in [-0.3, -0.25) is 0 Å². The van der Waals surface area contributed by atoms with Crippen LogP contribution in [0.15, 0.2) is 79.4 Å². The van der Waals surface area contributed by atoms with Gasteiger partial charge in [0.05, 0.1) is 0 Å². The zero-order valence-corrected chi connectivity index (χ0v) is 17.2. The second-order valence-corrected chi connectivity index (χ2v) is 6.94. The molecule has 2 aromatic carbocycles. The Bertz CT molecular complexity index is 874. The summed E-state index contributed by atoms with van der Waals surface area (Å²) >= 11 is 0. The fourth-order valence-electron chi connectivity index (χ4n) is 3.47. The maximum absolute atomic E-state index is 4.41. The van der Waals surface area contributed by atoms with Gasteiger partial charge >= 0.3 is 0 Å². The molecular weight excluding hydrogens is 326 g/mol. The molecule has 140 valence electrons. The lowest BCUT2D eigenvalue weighted by Gasteiger charge is -2.19. The molecule has 0 spiro atoms. The lowest BCUT2D eigenvalue weighted by molar-refractivity contribution is 1.06. The Morgan fingerprint density at radius 2 is 1.85 bits per heavy atom. The fourth-order valence-corrected chi connectivity index (χ4v) is 3.47. The van der Waals surface area contributed by atoms with E-state index in [1.54, 1.807) is 0 Å². The number of hydrogen-bond donors (Lipinski definition) is 1. The summed E-state index contributed by atoms with van der Waals surface area (Å²) in [7, 11) is 1.97. The lowest BCUT2D eigenvalue weighted by Crippen LogP contribution is -2.04. The van der Waals surface area contributed by atoms with Gasteiger partial charge in [0.15, 0.2) is 0 Å². The van der Waals surface area contributed by atoms with Gasteiger partial charge in [-0.1, -0.05) is 74.7 Å². The highest BCUT2D eigenvalue weighted by molar-refractivity contribution is 5.84. The van der Waals surface area contributed by atoms with E-state index in [1.807, 2.05) is 19.2 Å². The van der Waals surface area contributed by atoms with Crippen molar-refractivity contribution in [2.24, 2.45) is 0 Å². The topological polar surface area (TPSA) is 12.0 Å². The van der Waals surface area contributed by atoms with Gasteiger partial charge in [0.2, 0.25) is 0 Å². The summed E-state index contributed by atoms with van der Waals surface area (Å²) in [6.45, 7) is 19.1. The minimum Gasteiger partial charge on any atom is -0.388 e. The minimum atomic E-state index is 0.781. The van der Waals surface area contributed by atoms with Crippen LogP contribution in [-0.4, -0.2) is 7.05 Å². The predicted molar refractivity (Wildman–Crippen MR) is 121 cm³/mol. The Labute approximate surface area is 164 Å². The predicted octanol–water partition coefficient (Wildman–Crippen LogP) is 6.83. The normalized spacial score (nSPS) is 11.2. The van der Waals surface area contributed by atoms with E-state index in [1.165, 1.54) is 27.8 Å². The molecule has 1 heteroatoms. The molecule has 0 unspecified atom stereocenters. The number of anilines is 1. The number of allylic oxidation sites excluding steroid dienone is 5. The summed E-state index contributed by atoms with van der Waals surface area (Å²) in [5.74, 6) is 0. The molecule has 27 heavy (non-hydrogen) atoms. The molecule has 0 aliphatic heterocycles. The van der Waals surface area contributed by atoms with Crippen LogP contribution in [0.2, 0.25) is 0 Å². The molecule has 0 aliphatic rings. The molecule has 1 nitrogen and oxygen atoms in total. The summed E-state index contributed by atoms with van der Waals surface area (Å²) in [5.41, 5.74) is 10.5. The molecule has 0 radical (unpaired) electrons. The highest BCUT2D eigenvalue weighted by atomic mass is 14.8. The van der Waals surface area contributed by atoms with Gasteiger partial charge in [-0.2, -0.15) is 0 Å². The molecular formula is C26H31N. The molecule has 0 fully saturated rings. The quantitative estimate of drug-likeness (QED) is 0.510. The molecule has 1 N–H and O–H groups in total. The highest BCUT2D eigenvalue weighted by Gasteiger charge is 2.15. The van der Waals surface area contributed by atoms with E-state index in [9.17, 15) is 0 Å². The van der Waals surface area contributed by atoms with E-state index >= 15 is 0 Å². The van der Waals surface area contributed by atoms with Crippen LogP contribution < -0.4 is 5.32 Å². The van der Waals surface area contributed by atoms with Crippen molar-refractivity contribution < 1.29 is 0 Å². The summed E-state index contributed by atoms with van der Waals surface area (Å²) in [4.78, 5) is 0. The first-order valence-electron chi connectivity index (χ1n) is 9.49. The van der Waals surface area contributed by atoms with Gasteiger partial charge in [-0.05, 0) is 71.7 Å². The molecule has 2 aromatic rings. The monoisotopic (exact) mass is 357 g/mol. The van der Waals surface area contributed by atoms with Crippen LogP contribution in [0.25, 0.3) is 5.57 Å². The third-order valence-corrected chi connectivity index (χ3v) is 5.02. The minimum absolute atomic E-state index is 0.781. The zero-order chi connectivity index (χ0) is 20.0. The zero-order valence-electron chi connectivity index (χ0n) is 17.2. The Hall–Kier alpha value is -2.80. The number of hydrogen-bond acceptors (Lipinski definition) is 1. The van der Waals surface area contributed by atoms with Crippen LogP contribution in [-0.2, 0) is 12.8 Å². The summed E-state index contributed by atoms with van der Waals surface area (Å²) in [6, 6.07) is 12.9. The third kappa shape index (κ3) is 4.68. The lowest BCUT2D eigenvalue weighted by atomic mass is 9.86. The number of benzene rings is 2. The number of aryl methyl sites for hydroxylation is 3. The molecule has 0 saturated heterocycles. The smallest absolute Gasteiger partial charge is 0.0376 e. The van der Waals surface area contributed by atoms with Crippen LogP contribution in [0.3, 0.4) is 0 Å². The van der Waals surface area contributed by atoms with E-state index in [-0.39, 0.29) is 0 Å². The van der Waals surface area contributed by atoms with Crippen molar-refractivity contribution in [1.82, 2.24) is 0 Å². The summed E-state index contributed by atoms with van der Waals surface area (Å²) < 4.78 is 0. The van der Waals surface area contributed by atoms with Crippen LogP contribution in [0, 0.1) is 13.8 Å². The molecule has 0 aromatic heterocycles. The molecule has 2 rings (SSSR count). The van der Waals surface area contributed by atoms with Gasteiger partial charge in [0.1, 0.15) is 0 Å². The Kier molecular flexibility index (Phi) is 7.01. The van der Waals surface area contributed by atoms with Crippen molar-refractivity contribution in [3.63, 3.8) is 0 Å². The first-order valence-corrected chi connectivity index (χ1v) is 9.49.